The Morgan fingerprint density at radius 2 is 2.07 bits per heavy atom. The highest BCUT2D eigenvalue weighted by Gasteiger charge is 2.24. The number of hydrogen-bond donors (Lipinski definition) is 3. The summed E-state index contributed by atoms with van der Waals surface area (Å²) in [4.78, 5) is 19.2. The smallest absolute Gasteiger partial charge is 0.253 e. The number of amides is 1. The van der Waals surface area contributed by atoms with Crippen LogP contribution < -0.4 is 11.1 Å². The largest absolute Gasteiger partial charge is 0.398 e. The van der Waals surface area contributed by atoms with Crippen LogP contribution in [0.15, 0.2) is 23.2 Å². The topological polar surface area (TPSA) is 91.0 Å². The van der Waals surface area contributed by atoms with Crippen LogP contribution in [0.2, 0.25) is 0 Å². The molecule has 6 heteroatoms. The number of nitrogens with one attached hydrogen (secondary N) is 1. The Morgan fingerprint density at radius 1 is 1.41 bits per heavy atom. The number of nitrogens with two attached hydrogens (primary N) is 1. The van der Waals surface area contributed by atoms with Crippen LogP contribution in [0, 0.1) is 5.92 Å². The number of rotatable bonds is 7. The Hall–Kier alpha value is -1.92. The van der Waals surface area contributed by atoms with Gasteiger partial charge >= 0.3 is 0 Å². The summed E-state index contributed by atoms with van der Waals surface area (Å²) < 4.78 is 0. The van der Waals surface area contributed by atoms with Crippen LogP contribution in [0.4, 0.5) is 5.69 Å². The molecule has 0 aromatic heterocycles. The van der Waals surface area contributed by atoms with Gasteiger partial charge in [0, 0.05) is 30.9 Å². The zero-order valence-corrected chi connectivity index (χ0v) is 17.0. The molecule has 150 valence electrons. The van der Waals surface area contributed by atoms with E-state index in [0.717, 1.165) is 31.5 Å². The maximum Gasteiger partial charge on any atom is 0.253 e. The van der Waals surface area contributed by atoms with E-state index in [0.29, 0.717) is 30.3 Å². The minimum Gasteiger partial charge on any atom is -0.398 e. The number of aliphatic imine (C=N–C) groups is 1. The van der Waals surface area contributed by atoms with Gasteiger partial charge < -0.3 is 21.1 Å². The van der Waals surface area contributed by atoms with Gasteiger partial charge in [-0.1, -0.05) is 12.1 Å². The number of β-amino-alcohol motifs (C(OH)–C–C–N with tert-alkyl or cyclic N) is 1. The predicted molar refractivity (Wildman–Crippen MR) is 111 cm³/mol. The third kappa shape index (κ3) is 6.96. The highest BCUT2D eigenvalue weighted by atomic mass is 16.3. The van der Waals surface area contributed by atoms with Crippen molar-refractivity contribution in [3.8, 4) is 0 Å². The van der Waals surface area contributed by atoms with E-state index in [1.54, 1.807) is 12.3 Å². The van der Waals surface area contributed by atoms with Crippen LogP contribution >= 0.6 is 0 Å². The average Bonchev–Trinajstić information content (AvgIpc) is 2.58. The summed E-state index contributed by atoms with van der Waals surface area (Å²) in [6.07, 6.45) is 3.77. The van der Waals surface area contributed by atoms with E-state index in [1.165, 1.54) is 0 Å². The Morgan fingerprint density at radius 3 is 2.67 bits per heavy atom. The summed E-state index contributed by atoms with van der Waals surface area (Å²) in [6, 6.07) is 5.64. The van der Waals surface area contributed by atoms with Crippen molar-refractivity contribution < 1.29 is 9.90 Å². The molecule has 27 heavy (non-hydrogen) atoms. The number of aliphatic hydroxyl groups is 1. The van der Waals surface area contributed by atoms with E-state index in [2.05, 4.69) is 15.2 Å². The van der Waals surface area contributed by atoms with Crippen molar-refractivity contribution in [2.24, 2.45) is 10.9 Å². The fourth-order valence-electron chi connectivity index (χ4n) is 3.35. The van der Waals surface area contributed by atoms with Gasteiger partial charge in [-0.3, -0.25) is 9.79 Å². The fraction of sp³-hybridized carbons (Fsp3) is 0.619. The molecule has 1 fully saturated rings. The Balaban J connectivity index is 1.87. The second-order valence-electron chi connectivity index (χ2n) is 8.42. The minimum absolute atomic E-state index is 0.133. The Kier molecular flexibility index (Phi) is 7.39. The quantitative estimate of drug-likeness (QED) is 0.504. The number of benzene rings is 1. The molecule has 0 bridgehead atoms. The van der Waals surface area contributed by atoms with Crippen molar-refractivity contribution in [3.05, 3.63) is 29.3 Å². The lowest BCUT2D eigenvalue weighted by Crippen LogP contribution is -2.44. The van der Waals surface area contributed by atoms with Gasteiger partial charge in [0.25, 0.3) is 5.91 Å². The van der Waals surface area contributed by atoms with Crippen LogP contribution in [-0.2, 0) is 0 Å². The van der Waals surface area contributed by atoms with E-state index in [4.69, 9.17) is 5.73 Å². The number of hydrogen-bond acceptors (Lipinski definition) is 5. The molecule has 1 aliphatic heterocycles. The zero-order valence-electron chi connectivity index (χ0n) is 17.0. The molecule has 0 radical (unpaired) electrons. The molecule has 0 spiro atoms. The maximum absolute atomic E-state index is 12.6. The summed E-state index contributed by atoms with van der Waals surface area (Å²) in [5.41, 5.74) is 7.26. The molecule has 0 aliphatic carbocycles. The highest BCUT2D eigenvalue weighted by molar-refractivity contribution is 6.03. The van der Waals surface area contributed by atoms with Gasteiger partial charge in [-0.05, 0) is 65.6 Å². The summed E-state index contributed by atoms with van der Waals surface area (Å²) in [5, 5.41) is 13.0. The van der Waals surface area contributed by atoms with Crippen molar-refractivity contribution in [1.29, 1.82) is 0 Å². The highest BCUT2D eigenvalue weighted by Crippen LogP contribution is 2.20. The lowest BCUT2D eigenvalue weighted by atomic mass is 9.95. The zero-order chi connectivity index (χ0) is 20.0. The first-order valence-electron chi connectivity index (χ1n) is 9.80. The first-order valence-corrected chi connectivity index (χ1v) is 9.80. The van der Waals surface area contributed by atoms with Crippen LogP contribution in [-0.4, -0.2) is 60.0 Å². The van der Waals surface area contributed by atoms with Crippen molar-refractivity contribution in [1.82, 2.24) is 10.2 Å². The average molecular weight is 375 g/mol. The van der Waals surface area contributed by atoms with E-state index < -0.39 is 5.60 Å². The standard InChI is InChI=1S/C21H34N4O2/c1-15(2)23-13-17-6-5-7-18(19(17)22)20(26)24-12-16-8-10-25(11-9-16)14-21(3,4)27/h5-7,13,15-16,27H,8-12,14,22H2,1-4H3,(H,24,26). The van der Waals surface area contributed by atoms with E-state index >= 15 is 0 Å². The summed E-state index contributed by atoms with van der Waals surface area (Å²) in [7, 11) is 0. The summed E-state index contributed by atoms with van der Waals surface area (Å²) in [5.74, 6) is 0.324. The summed E-state index contributed by atoms with van der Waals surface area (Å²) in [6.45, 7) is 10.9. The number of carbonyl (C=O) groups excluding carboxylic acids is 1. The minimum atomic E-state index is -0.664. The molecule has 1 aromatic carbocycles. The molecule has 1 aliphatic rings. The second-order valence-corrected chi connectivity index (χ2v) is 8.42. The fourth-order valence-corrected chi connectivity index (χ4v) is 3.35. The van der Waals surface area contributed by atoms with Crippen LogP contribution in [0.25, 0.3) is 0 Å². The molecule has 1 amide bonds. The van der Waals surface area contributed by atoms with Crippen molar-refractivity contribution in [3.63, 3.8) is 0 Å². The molecule has 0 atom stereocenters. The van der Waals surface area contributed by atoms with Crippen molar-refractivity contribution in [2.75, 3.05) is 31.9 Å². The van der Waals surface area contributed by atoms with Gasteiger partial charge in [0.1, 0.15) is 0 Å². The number of anilines is 1. The van der Waals surface area contributed by atoms with Gasteiger partial charge in [0.15, 0.2) is 0 Å². The molecule has 1 heterocycles. The molecular formula is C21H34N4O2. The molecule has 4 N–H and O–H groups in total. The number of nitrogen functional groups attached to an aromatic ring is 1. The van der Waals surface area contributed by atoms with Gasteiger partial charge in [-0.2, -0.15) is 0 Å². The lowest BCUT2D eigenvalue weighted by Gasteiger charge is -2.35. The summed E-state index contributed by atoms with van der Waals surface area (Å²) >= 11 is 0. The molecule has 6 nitrogen and oxygen atoms in total. The third-order valence-electron chi connectivity index (χ3n) is 4.77. The Labute approximate surface area is 162 Å². The second kappa shape index (κ2) is 9.33. The van der Waals surface area contributed by atoms with Crippen molar-refractivity contribution >= 4 is 17.8 Å². The van der Waals surface area contributed by atoms with E-state index in [9.17, 15) is 9.90 Å². The third-order valence-corrected chi connectivity index (χ3v) is 4.77. The lowest BCUT2D eigenvalue weighted by molar-refractivity contribution is 0.0245. The number of nitrogens with zero attached hydrogens (tertiary/aromatic N) is 2. The van der Waals surface area contributed by atoms with Gasteiger partial charge in [-0.15, -0.1) is 0 Å². The van der Waals surface area contributed by atoms with Crippen LogP contribution in [0.5, 0.6) is 0 Å². The number of para-hydroxylation sites is 1. The molecular weight excluding hydrogens is 340 g/mol. The van der Waals surface area contributed by atoms with E-state index in [-0.39, 0.29) is 11.9 Å². The SMILES string of the molecule is CC(C)N=Cc1cccc(C(=O)NCC2CCN(CC(C)(C)O)CC2)c1N. The normalized spacial score (nSPS) is 17.0. The molecule has 0 saturated carbocycles. The Bertz CT molecular complexity index is 657. The molecule has 2 rings (SSSR count). The van der Waals surface area contributed by atoms with Gasteiger partial charge in [0.2, 0.25) is 0 Å². The molecule has 1 aromatic rings. The van der Waals surface area contributed by atoms with Gasteiger partial charge in [0.05, 0.1) is 16.9 Å². The van der Waals surface area contributed by atoms with E-state index in [1.807, 2.05) is 39.8 Å². The van der Waals surface area contributed by atoms with Crippen LogP contribution in [0.1, 0.15) is 56.5 Å². The van der Waals surface area contributed by atoms with Crippen LogP contribution in [0.3, 0.4) is 0 Å². The first kappa shape index (κ1) is 21.4. The van der Waals surface area contributed by atoms with Crippen molar-refractivity contribution in [2.45, 2.75) is 52.2 Å². The molecule has 0 unspecified atom stereocenters. The monoisotopic (exact) mass is 374 g/mol. The van der Waals surface area contributed by atoms with Gasteiger partial charge in [-0.25, -0.2) is 0 Å². The maximum atomic E-state index is 12.6. The number of carbonyl (C=O) groups is 1. The first-order chi connectivity index (χ1) is 12.7. The number of likely N-dealkylation sites (tertiary alicyclic amines) is 1. The number of piperidine rings is 1. The predicted octanol–water partition coefficient (Wildman–Crippen LogP) is 2.31. The molecule has 1 saturated heterocycles.